The fraction of sp³-hybridized carbons (Fsp3) is 0.350. The maximum absolute atomic E-state index is 12.0. The van der Waals surface area contributed by atoms with Gasteiger partial charge in [0.05, 0.1) is 18.6 Å². The maximum Gasteiger partial charge on any atom is 0.305 e. The Morgan fingerprint density at radius 2 is 1.92 bits per heavy atom. The van der Waals surface area contributed by atoms with E-state index in [4.69, 9.17) is 9.84 Å². The van der Waals surface area contributed by atoms with E-state index in [2.05, 4.69) is 0 Å². The quantitative estimate of drug-likeness (QED) is 0.801. The van der Waals surface area contributed by atoms with E-state index in [0.717, 1.165) is 16.9 Å². The Balaban J connectivity index is 2.12. The highest BCUT2D eigenvalue weighted by molar-refractivity contribution is 5.78. The van der Waals surface area contributed by atoms with Gasteiger partial charge in [-0.1, -0.05) is 32.0 Å². The summed E-state index contributed by atoms with van der Waals surface area (Å²) in [5, 5.41) is 9.09. The van der Waals surface area contributed by atoms with Crippen molar-refractivity contribution in [2.24, 2.45) is 0 Å². The van der Waals surface area contributed by atoms with Gasteiger partial charge in [0, 0.05) is 23.3 Å². The van der Waals surface area contributed by atoms with Crippen LogP contribution in [0, 0.1) is 0 Å². The van der Waals surface area contributed by atoms with Gasteiger partial charge >= 0.3 is 5.97 Å². The summed E-state index contributed by atoms with van der Waals surface area (Å²) in [4.78, 5) is 36.8. The van der Waals surface area contributed by atoms with Crippen LogP contribution in [0.2, 0.25) is 0 Å². The van der Waals surface area contributed by atoms with Gasteiger partial charge in [0.2, 0.25) is 5.43 Å². The predicted octanol–water partition coefficient (Wildman–Crippen LogP) is 2.29. The van der Waals surface area contributed by atoms with Gasteiger partial charge in [0.15, 0.2) is 5.75 Å². The topological polar surface area (TPSA) is 83.9 Å². The van der Waals surface area contributed by atoms with Crippen molar-refractivity contribution in [3.63, 3.8) is 0 Å². The molecule has 1 aliphatic rings. The third-order valence-electron chi connectivity index (χ3n) is 4.82. The number of benzene rings is 1. The fourth-order valence-corrected chi connectivity index (χ4v) is 3.49. The molecule has 6 nitrogen and oxygen atoms in total. The summed E-state index contributed by atoms with van der Waals surface area (Å²) < 4.78 is 5.31. The molecule has 0 atom stereocenters. The minimum absolute atomic E-state index is 0.0357. The molecule has 6 heteroatoms. The van der Waals surface area contributed by atoms with Gasteiger partial charge in [-0.15, -0.1) is 0 Å². The average Bonchev–Trinajstić information content (AvgIpc) is 2.83. The summed E-state index contributed by atoms with van der Waals surface area (Å²) in [5.41, 5.74) is 1.41. The number of hydrogen-bond donors (Lipinski definition) is 1. The second-order valence-corrected chi connectivity index (χ2v) is 6.80. The van der Waals surface area contributed by atoms with Crippen LogP contribution in [0.25, 0.3) is 6.08 Å². The first kappa shape index (κ1) is 17.9. The molecule has 0 amide bonds. The van der Waals surface area contributed by atoms with Gasteiger partial charge in [-0.3, -0.25) is 14.4 Å². The second-order valence-electron chi connectivity index (χ2n) is 6.80. The molecule has 0 saturated heterocycles. The van der Waals surface area contributed by atoms with Crippen LogP contribution in [-0.2, 0) is 10.2 Å². The van der Waals surface area contributed by atoms with Gasteiger partial charge < -0.3 is 14.7 Å². The highest BCUT2D eigenvalue weighted by atomic mass is 16.5. The number of nitrogens with zero attached hydrogens (tertiary/aromatic N) is 1. The van der Waals surface area contributed by atoms with Crippen molar-refractivity contribution in [1.29, 1.82) is 0 Å². The zero-order valence-corrected chi connectivity index (χ0v) is 15.0. The molecule has 1 N–H and O–H groups in total. The van der Waals surface area contributed by atoms with E-state index in [1.54, 1.807) is 13.0 Å². The molecule has 2 aromatic rings. The van der Waals surface area contributed by atoms with Gasteiger partial charge in [-0.05, 0) is 24.6 Å². The monoisotopic (exact) mass is 355 g/mol. The SMILES string of the molecule is CCOc1c(/C=C2/N(CCC(=O)O)c3ccccc3C2(C)C)c(=O)c1=O. The minimum atomic E-state index is -0.893. The molecule has 1 heterocycles. The van der Waals surface area contributed by atoms with Gasteiger partial charge in [0.25, 0.3) is 5.43 Å². The maximum atomic E-state index is 12.0. The Morgan fingerprint density at radius 3 is 2.58 bits per heavy atom. The molecule has 26 heavy (non-hydrogen) atoms. The van der Waals surface area contributed by atoms with E-state index in [1.807, 2.05) is 43.0 Å². The van der Waals surface area contributed by atoms with Crippen molar-refractivity contribution in [3.05, 3.63) is 61.5 Å². The predicted molar refractivity (Wildman–Crippen MR) is 99.6 cm³/mol. The molecule has 0 aromatic heterocycles. The first-order valence-electron chi connectivity index (χ1n) is 8.56. The van der Waals surface area contributed by atoms with Crippen LogP contribution in [0.3, 0.4) is 0 Å². The number of hydrogen-bond acceptors (Lipinski definition) is 5. The number of para-hydroxylation sites is 1. The van der Waals surface area contributed by atoms with Gasteiger partial charge in [0.1, 0.15) is 0 Å². The summed E-state index contributed by atoms with van der Waals surface area (Å²) in [6.07, 6.45) is 1.64. The number of ether oxygens (including phenoxy) is 1. The lowest BCUT2D eigenvalue weighted by atomic mass is 9.83. The Hall–Kier alpha value is -2.89. The average molecular weight is 355 g/mol. The number of anilines is 1. The number of carboxylic acids is 1. The summed E-state index contributed by atoms with van der Waals surface area (Å²) in [5.74, 6) is -0.800. The van der Waals surface area contributed by atoms with E-state index < -0.39 is 22.2 Å². The third-order valence-corrected chi connectivity index (χ3v) is 4.82. The number of fused-ring (bicyclic) bond motifs is 1. The summed E-state index contributed by atoms with van der Waals surface area (Å²) in [6, 6.07) is 7.76. The van der Waals surface area contributed by atoms with Crippen LogP contribution >= 0.6 is 0 Å². The van der Waals surface area contributed by atoms with Crippen molar-refractivity contribution in [1.82, 2.24) is 0 Å². The van der Waals surface area contributed by atoms with Crippen molar-refractivity contribution in [3.8, 4) is 5.75 Å². The van der Waals surface area contributed by atoms with Crippen molar-refractivity contribution < 1.29 is 14.6 Å². The summed E-state index contributed by atoms with van der Waals surface area (Å²) >= 11 is 0. The zero-order valence-electron chi connectivity index (χ0n) is 15.0. The van der Waals surface area contributed by atoms with Crippen molar-refractivity contribution >= 4 is 17.7 Å². The molecule has 0 fully saturated rings. The Labute approximate surface area is 151 Å². The van der Waals surface area contributed by atoms with Crippen LogP contribution in [-0.4, -0.2) is 24.2 Å². The van der Waals surface area contributed by atoms with Crippen LogP contribution in [0.4, 0.5) is 5.69 Å². The Bertz CT molecular complexity index is 963. The molecule has 0 saturated carbocycles. The van der Waals surface area contributed by atoms with Crippen LogP contribution in [0.15, 0.2) is 39.6 Å². The van der Waals surface area contributed by atoms with Crippen LogP contribution in [0.5, 0.6) is 5.75 Å². The van der Waals surface area contributed by atoms with Crippen LogP contribution < -0.4 is 20.5 Å². The largest absolute Gasteiger partial charge is 0.489 e. The summed E-state index contributed by atoms with van der Waals surface area (Å²) in [7, 11) is 0. The molecule has 0 aliphatic carbocycles. The van der Waals surface area contributed by atoms with E-state index in [1.165, 1.54) is 0 Å². The molecular formula is C20H21NO5. The van der Waals surface area contributed by atoms with Gasteiger partial charge in [-0.2, -0.15) is 0 Å². The first-order chi connectivity index (χ1) is 12.3. The second kappa shape index (κ2) is 6.44. The van der Waals surface area contributed by atoms with Crippen molar-refractivity contribution in [2.45, 2.75) is 32.6 Å². The highest BCUT2D eigenvalue weighted by Gasteiger charge is 2.40. The molecule has 2 aromatic carbocycles. The lowest BCUT2D eigenvalue weighted by molar-refractivity contribution is -0.136. The number of carboxylic acid groups (broad SMARTS) is 1. The normalized spacial score (nSPS) is 16.9. The molecule has 0 bridgehead atoms. The lowest BCUT2D eigenvalue weighted by Gasteiger charge is -2.27. The smallest absolute Gasteiger partial charge is 0.305 e. The number of allylic oxidation sites excluding steroid dienone is 1. The number of rotatable bonds is 6. The Kier molecular flexibility index (Phi) is 4.44. The van der Waals surface area contributed by atoms with E-state index >= 15 is 0 Å². The highest BCUT2D eigenvalue weighted by Crippen LogP contribution is 2.48. The Morgan fingerprint density at radius 1 is 1.23 bits per heavy atom. The molecule has 1 aliphatic heterocycles. The number of aliphatic carboxylic acids is 1. The van der Waals surface area contributed by atoms with E-state index in [9.17, 15) is 14.4 Å². The van der Waals surface area contributed by atoms with E-state index in [0.29, 0.717) is 6.61 Å². The minimum Gasteiger partial charge on any atom is -0.489 e. The molecule has 3 rings (SSSR count). The van der Waals surface area contributed by atoms with Crippen molar-refractivity contribution in [2.75, 3.05) is 18.1 Å². The molecule has 0 radical (unpaired) electrons. The molecule has 136 valence electrons. The molecule has 0 unspecified atom stereocenters. The first-order valence-corrected chi connectivity index (χ1v) is 8.56. The van der Waals surface area contributed by atoms with Gasteiger partial charge in [-0.25, -0.2) is 0 Å². The fourth-order valence-electron chi connectivity index (χ4n) is 3.49. The number of carbonyl (C=O) groups is 1. The lowest BCUT2D eigenvalue weighted by Crippen LogP contribution is -2.36. The summed E-state index contributed by atoms with van der Waals surface area (Å²) in [6.45, 7) is 6.37. The molecular weight excluding hydrogens is 334 g/mol. The third kappa shape index (κ3) is 2.71. The molecule has 0 spiro atoms. The van der Waals surface area contributed by atoms with E-state index in [-0.39, 0.29) is 24.3 Å². The standard InChI is InChI=1S/C20H21NO5/c1-4-26-19-12(17(24)18(19)25)11-15-20(2,3)13-7-5-6-8-14(13)21(15)10-9-16(22)23/h5-8,11H,4,9-10H2,1-3H3,(H,22,23)/b15-11+. The zero-order chi connectivity index (χ0) is 19.1. The van der Waals surface area contributed by atoms with Crippen LogP contribution in [0.1, 0.15) is 38.3 Å².